The predicted molar refractivity (Wildman–Crippen MR) is 85.7 cm³/mol. The molecule has 0 aromatic heterocycles. The molecular weight excluding hydrogens is 240 g/mol. The van der Waals surface area contributed by atoms with Gasteiger partial charge >= 0.3 is 0 Å². The van der Waals surface area contributed by atoms with E-state index in [-0.39, 0.29) is 0 Å². The second kappa shape index (κ2) is 5.83. The summed E-state index contributed by atoms with van der Waals surface area (Å²) in [5.74, 6) is 2.99. The zero-order valence-electron chi connectivity index (χ0n) is 12.5. The molecule has 0 amide bonds. The van der Waals surface area contributed by atoms with Crippen molar-refractivity contribution in [3.05, 3.63) is 77.2 Å². The van der Waals surface area contributed by atoms with Crippen molar-refractivity contribution in [3.8, 4) is 0 Å². The van der Waals surface area contributed by atoms with Crippen LogP contribution in [-0.2, 0) is 6.42 Å². The van der Waals surface area contributed by atoms with Gasteiger partial charge < -0.3 is 0 Å². The van der Waals surface area contributed by atoms with Crippen molar-refractivity contribution < 1.29 is 0 Å². The maximum Gasteiger partial charge on any atom is 0.0122 e. The predicted octanol–water partition coefficient (Wildman–Crippen LogP) is 5.39. The summed E-state index contributed by atoms with van der Waals surface area (Å²) in [4.78, 5) is 0. The third-order valence-corrected chi connectivity index (χ3v) is 4.26. The lowest BCUT2D eigenvalue weighted by Crippen LogP contribution is -2.13. The highest BCUT2D eigenvalue weighted by molar-refractivity contribution is 5.44. The summed E-state index contributed by atoms with van der Waals surface area (Å²) in [6.45, 7) is 4.64. The summed E-state index contributed by atoms with van der Waals surface area (Å²) in [5.41, 5.74) is 4.50. The molecule has 0 heterocycles. The van der Waals surface area contributed by atoms with Crippen molar-refractivity contribution in [1.82, 2.24) is 0 Å². The monoisotopic (exact) mass is 263 g/mol. The zero-order valence-corrected chi connectivity index (χ0v) is 12.5. The van der Waals surface area contributed by atoms with Gasteiger partial charge in [-0.2, -0.15) is 0 Å². The Balaban J connectivity index is 1.91. The Hall–Kier alpha value is -1.56. The van der Waals surface area contributed by atoms with Crippen molar-refractivity contribution in [2.24, 2.45) is 5.92 Å². The van der Waals surface area contributed by atoms with Crippen molar-refractivity contribution in [2.75, 3.05) is 0 Å². The van der Waals surface area contributed by atoms with Crippen LogP contribution in [-0.4, -0.2) is 0 Å². The fourth-order valence-electron chi connectivity index (χ4n) is 2.97. The van der Waals surface area contributed by atoms with E-state index in [4.69, 9.17) is 0 Å². The van der Waals surface area contributed by atoms with E-state index >= 15 is 0 Å². The van der Waals surface area contributed by atoms with E-state index in [1.54, 1.807) is 11.5 Å². The van der Waals surface area contributed by atoms with Gasteiger partial charge in [-0.1, -0.05) is 68.4 Å². The SMILES string of the molecule is CC(C)[C](Cc1ccccc1)c1ccccc1C1CC1. The molecule has 1 saturated carbocycles. The smallest absolute Gasteiger partial charge is 0.0122 e. The van der Waals surface area contributed by atoms with Crippen molar-refractivity contribution in [3.63, 3.8) is 0 Å². The molecule has 2 aromatic rings. The van der Waals surface area contributed by atoms with Crippen LogP contribution in [0.1, 0.15) is 49.3 Å². The number of hydrogen-bond donors (Lipinski definition) is 0. The Labute approximate surface area is 122 Å². The topological polar surface area (TPSA) is 0 Å². The minimum atomic E-state index is 0.593. The quantitative estimate of drug-likeness (QED) is 0.679. The van der Waals surface area contributed by atoms with Crippen molar-refractivity contribution in [1.29, 1.82) is 0 Å². The zero-order chi connectivity index (χ0) is 13.9. The second-order valence-corrected chi connectivity index (χ2v) is 6.20. The van der Waals surface area contributed by atoms with E-state index in [1.807, 2.05) is 0 Å². The van der Waals surface area contributed by atoms with Gasteiger partial charge in [0.05, 0.1) is 0 Å². The number of benzene rings is 2. The molecule has 0 spiro atoms. The largest absolute Gasteiger partial charge is 0.0622 e. The summed E-state index contributed by atoms with van der Waals surface area (Å²) < 4.78 is 0. The summed E-state index contributed by atoms with van der Waals surface area (Å²) in [6, 6.07) is 19.9. The van der Waals surface area contributed by atoms with E-state index in [1.165, 1.54) is 24.0 Å². The maximum atomic E-state index is 2.33. The normalized spacial score (nSPS) is 15.0. The van der Waals surface area contributed by atoms with Crippen LogP contribution in [0.2, 0.25) is 0 Å². The van der Waals surface area contributed by atoms with E-state index in [0.717, 1.165) is 12.3 Å². The fraction of sp³-hybridized carbons (Fsp3) is 0.350. The lowest BCUT2D eigenvalue weighted by Gasteiger charge is -2.23. The summed E-state index contributed by atoms with van der Waals surface area (Å²) in [6.07, 6.45) is 3.81. The van der Waals surface area contributed by atoms with E-state index in [9.17, 15) is 0 Å². The molecule has 1 fully saturated rings. The average molecular weight is 263 g/mol. The molecule has 1 aliphatic rings. The van der Waals surface area contributed by atoms with Crippen LogP contribution in [0.15, 0.2) is 54.6 Å². The minimum Gasteiger partial charge on any atom is -0.0622 e. The molecule has 0 bridgehead atoms. The lowest BCUT2D eigenvalue weighted by molar-refractivity contribution is 0.652. The number of hydrogen-bond acceptors (Lipinski definition) is 0. The van der Waals surface area contributed by atoms with E-state index in [2.05, 4.69) is 68.4 Å². The first-order valence-corrected chi connectivity index (χ1v) is 7.74. The van der Waals surface area contributed by atoms with Crippen LogP contribution in [0.4, 0.5) is 0 Å². The minimum absolute atomic E-state index is 0.593. The molecular formula is C20H23. The Morgan fingerprint density at radius 3 is 2.25 bits per heavy atom. The molecule has 2 aromatic carbocycles. The third-order valence-electron chi connectivity index (χ3n) is 4.26. The molecule has 1 radical (unpaired) electrons. The first-order valence-electron chi connectivity index (χ1n) is 7.74. The Morgan fingerprint density at radius 1 is 0.950 bits per heavy atom. The van der Waals surface area contributed by atoms with Crippen LogP contribution < -0.4 is 0 Å². The number of rotatable bonds is 5. The average Bonchev–Trinajstić information content (AvgIpc) is 3.30. The van der Waals surface area contributed by atoms with Crippen molar-refractivity contribution in [2.45, 2.75) is 39.0 Å². The van der Waals surface area contributed by atoms with Gasteiger partial charge in [-0.3, -0.25) is 0 Å². The molecule has 20 heavy (non-hydrogen) atoms. The molecule has 3 rings (SSSR count). The maximum absolute atomic E-state index is 2.33. The Bertz CT molecular complexity index is 549. The summed E-state index contributed by atoms with van der Waals surface area (Å²) >= 11 is 0. The highest BCUT2D eigenvalue weighted by Gasteiger charge is 2.29. The van der Waals surface area contributed by atoms with Crippen LogP contribution in [0.3, 0.4) is 0 Å². The van der Waals surface area contributed by atoms with Gasteiger partial charge in [-0.15, -0.1) is 0 Å². The molecule has 0 atom stereocenters. The highest BCUT2D eigenvalue weighted by atomic mass is 14.3. The molecule has 0 aliphatic heterocycles. The molecule has 0 saturated heterocycles. The molecule has 1 aliphatic carbocycles. The van der Waals surface area contributed by atoms with Gasteiger partial charge in [0.1, 0.15) is 0 Å². The van der Waals surface area contributed by atoms with Crippen LogP contribution in [0.5, 0.6) is 0 Å². The molecule has 103 valence electrons. The summed E-state index contributed by atoms with van der Waals surface area (Å²) in [5, 5.41) is 0. The fourth-order valence-corrected chi connectivity index (χ4v) is 2.97. The Kier molecular flexibility index (Phi) is 3.91. The highest BCUT2D eigenvalue weighted by Crippen LogP contribution is 2.44. The van der Waals surface area contributed by atoms with Crippen molar-refractivity contribution >= 4 is 0 Å². The van der Waals surface area contributed by atoms with Crippen LogP contribution >= 0.6 is 0 Å². The van der Waals surface area contributed by atoms with Crippen LogP contribution in [0.25, 0.3) is 0 Å². The van der Waals surface area contributed by atoms with Gasteiger partial charge in [0.15, 0.2) is 0 Å². The van der Waals surface area contributed by atoms with E-state index in [0.29, 0.717) is 5.92 Å². The molecule has 0 heteroatoms. The summed E-state index contributed by atoms with van der Waals surface area (Å²) in [7, 11) is 0. The first-order chi connectivity index (χ1) is 9.75. The third kappa shape index (κ3) is 2.95. The first kappa shape index (κ1) is 13.4. The van der Waals surface area contributed by atoms with Gasteiger partial charge in [0.25, 0.3) is 0 Å². The molecule has 0 unspecified atom stereocenters. The van der Waals surface area contributed by atoms with Gasteiger partial charge in [0, 0.05) is 5.92 Å². The van der Waals surface area contributed by atoms with Gasteiger partial charge in [0.2, 0.25) is 0 Å². The Morgan fingerprint density at radius 2 is 1.60 bits per heavy atom. The van der Waals surface area contributed by atoms with Gasteiger partial charge in [-0.25, -0.2) is 0 Å². The standard InChI is InChI=1S/C20H23/c1-15(2)20(14-16-8-4-3-5-9-16)19-11-7-6-10-18(19)17-12-13-17/h3-11,15,17H,12-14H2,1-2H3. The van der Waals surface area contributed by atoms with Crippen LogP contribution in [0, 0.1) is 11.8 Å². The van der Waals surface area contributed by atoms with E-state index < -0.39 is 0 Å². The second-order valence-electron chi connectivity index (χ2n) is 6.20. The van der Waals surface area contributed by atoms with Gasteiger partial charge in [-0.05, 0) is 47.8 Å². The lowest BCUT2D eigenvalue weighted by atomic mass is 9.80. The molecule has 0 N–H and O–H groups in total. The molecule has 0 nitrogen and oxygen atoms in total.